The van der Waals surface area contributed by atoms with E-state index in [4.69, 9.17) is 5.73 Å². The molecule has 14 heavy (non-hydrogen) atoms. The molecule has 2 heteroatoms. The molecule has 0 aliphatic heterocycles. The van der Waals surface area contributed by atoms with Gasteiger partial charge in [-0.15, -0.1) is 0 Å². The standard InChI is InChI=1S/C12H24N2/c1-4-14(8-11(2)3)10-12(9-13)6-5-7-12/h2,4-10,13H2,1,3H3. The van der Waals surface area contributed by atoms with Gasteiger partial charge in [-0.25, -0.2) is 0 Å². The predicted molar refractivity (Wildman–Crippen MR) is 62.3 cm³/mol. The quantitative estimate of drug-likeness (QED) is 0.658. The zero-order valence-electron chi connectivity index (χ0n) is 9.68. The molecule has 1 aliphatic rings. The molecule has 0 spiro atoms. The van der Waals surface area contributed by atoms with Gasteiger partial charge < -0.3 is 5.73 Å². The summed E-state index contributed by atoms with van der Waals surface area (Å²) in [6, 6.07) is 0. The van der Waals surface area contributed by atoms with Crippen LogP contribution < -0.4 is 5.73 Å². The first-order chi connectivity index (χ1) is 6.62. The number of likely N-dealkylation sites (N-methyl/N-ethyl adjacent to an activating group) is 1. The van der Waals surface area contributed by atoms with Crippen molar-refractivity contribution in [1.29, 1.82) is 0 Å². The molecule has 0 radical (unpaired) electrons. The SMILES string of the molecule is C=C(C)CN(CC)CC1(CN)CCC1. The Bertz CT molecular complexity index is 189. The molecule has 1 saturated carbocycles. The lowest BCUT2D eigenvalue weighted by molar-refractivity contribution is 0.0821. The molecule has 0 bridgehead atoms. The highest BCUT2D eigenvalue weighted by molar-refractivity contribution is 4.96. The van der Waals surface area contributed by atoms with Crippen LogP contribution in [-0.4, -0.2) is 31.1 Å². The minimum absolute atomic E-state index is 0.436. The van der Waals surface area contributed by atoms with E-state index in [1.807, 2.05) is 0 Å². The Morgan fingerprint density at radius 1 is 1.50 bits per heavy atom. The molecule has 0 aromatic rings. The molecule has 0 aromatic heterocycles. The minimum Gasteiger partial charge on any atom is -0.330 e. The summed E-state index contributed by atoms with van der Waals surface area (Å²) in [6.45, 7) is 12.4. The normalized spacial score (nSPS) is 19.4. The predicted octanol–water partition coefficient (Wildman–Crippen LogP) is 2.01. The molecule has 82 valence electrons. The van der Waals surface area contributed by atoms with Crippen molar-refractivity contribution < 1.29 is 0 Å². The zero-order chi connectivity index (χ0) is 10.6. The number of nitrogens with two attached hydrogens (primary N) is 1. The second-order valence-electron chi connectivity index (χ2n) is 4.82. The van der Waals surface area contributed by atoms with E-state index in [1.54, 1.807) is 0 Å². The molecule has 0 saturated heterocycles. The smallest absolute Gasteiger partial charge is 0.0187 e. The lowest BCUT2D eigenvalue weighted by Crippen LogP contribution is -2.47. The monoisotopic (exact) mass is 196 g/mol. The Balaban J connectivity index is 2.42. The molecular weight excluding hydrogens is 172 g/mol. The molecular formula is C12H24N2. The summed E-state index contributed by atoms with van der Waals surface area (Å²) < 4.78 is 0. The van der Waals surface area contributed by atoms with E-state index in [0.717, 1.165) is 26.2 Å². The van der Waals surface area contributed by atoms with Crippen LogP contribution in [0, 0.1) is 5.41 Å². The van der Waals surface area contributed by atoms with Crippen molar-refractivity contribution in [2.45, 2.75) is 33.1 Å². The maximum Gasteiger partial charge on any atom is 0.0187 e. The number of hydrogen-bond donors (Lipinski definition) is 1. The van der Waals surface area contributed by atoms with Gasteiger partial charge in [0.15, 0.2) is 0 Å². The van der Waals surface area contributed by atoms with E-state index in [9.17, 15) is 0 Å². The number of rotatable bonds is 6. The Kier molecular flexibility index (Phi) is 4.14. The van der Waals surface area contributed by atoms with Crippen molar-refractivity contribution >= 4 is 0 Å². The average Bonchev–Trinajstić information content (AvgIpc) is 2.08. The van der Waals surface area contributed by atoms with Crippen LogP contribution in [0.4, 0.5) is 0 Å². The molecule has 2 N–H and O–H groups in total. The second kappa shape index (κ2) is 4.94. The van der Waals surface area contributed by atoms with Crippen LogP contribution in [0.2, 0.25) is 0 Å². The average molecular weight is 196 g/mol. The van der Waals surface area contributed by atoms with Crippen molar-refractivity contribution in [2.75, 3.05) is 26.2 Å². The molecule has 0 aromatic carbocycles. The maximum atomic E-state index is 5.85. The van der Waals surface area contributed by atoms with Gasteiger partial charge in [0.1, 0.15) is 0 Å². The van der Waals surface area contributed by atoms with Crippen molar-refractivity contribution in [3.05, 3.63) is 12.2 Å². The van der Waals surface area contributed by atoms with E-state index in [-0.39, 0.29) is 0 Å². The van der Waals surface area contributed by atoms with Crippen molar-refractivity contribution in [2.24, 2.45) is 11.1 Å². The molecule has 0 atom stereocenters. The first-order valence-electron chi connectivity index (χ1n) is 5.69. The number of nitrogens with zero attached hydrogens (tertiary/aromatic N) is 1. The fourth-order valence-corrected chi connectivity index (χ4v) is 2.24. The molecule has 0 amide bonds. The van der Waals surface area contributed by atoms with Gasteiger partial charge in [-0.2, -0.15) is 0 Å². The summed E-state index contributed by atoms with van der Waals surface area (Å²) in [5, 5.41) is 0. The highest BCUT2D eigenvalue weighted by Gasteiger charge is 2.36. The van der Waals surface area contributed by atoms with Gasteiger partial charge in [-0.1, -0.05) is 25.5 Å². The van der Waals surface area contributed by atoms with Gasteiger partial charge in [0.05, 0.1) is 0 Å². The van der Waals surface area contributed by atoms with Crippen LogP contribution in [0.5, 0.6) is 0 Å². The first-order valence-corrected chi connectivity index (χ1v) is 5.69. The van der Waals surface area contributed by atoms with E-state index < -0.39 is 0 Å². The molecule has 0 unspecified atom stereocenters. The third-order valence-electron chi connectivity index (χ3n) is 3.35. The van der Waals surface area contributed by atoms with Crippen LogP contribution in [0.3, 0.4) is 0 Å². The van der Waals surface area contributed by atoms with E-state index in [0.29, 0.717) is 5.41 Å². The Labute approximate surface area is 88.2 Å². The van der Waals surface area contributed by atoms with Crippen molar-refractivity contribution in [1.82, 2.24) is 4.90 Å². The second-order valence-corrected chi connectivity index (χ2v) is 4.82. The summed E-state index contributed by atoms with van der Waals surface area (Å²) in [7, 11) is 0. The lowest BCUT2D eigenvalue weighted by Gasteiger charge is -2.44. The lowest BCUT2D eigenvalue weighted by atomic mass is 9.68. The molecule has 1 fully saturated rings. The van der Waals surface area contributed by atoms with Crippen LogP contribution in [-0.2, 0) is 0 Å². The van der Waals surface area contributed by atoms with E-state index in [1.165, 1.54) is 24.8 Å². The van der Waals surface area contributed by atoms with Gasteiger partial charge in [-0.05, 0) is 38.3 Å². The topological polar surface area (TPSA) is 29.3 Å². The third kappa shape index (κ3) is 2.82. The first kappa shape index (κ1) is 11.7. The molecule has 1 aliphatic carbocycles. The molecule has 0 heterocycles. The van der Waals surface area contributed by atoms with Crippen LogP contribution in [0.15, 0.2) is 12.2 Å². The van der Waals surface area contributed by atoms with Gasteiger partial charge >= 0.3 is 0 Å². The van der Waals surface area contributed by atoms with Crippen molar-refractivity contribution in [3.63, 3.8) is 0 Å². The van der Waals surface area contributed by atoms with Crippen LogP contribution in [0.25, 0.3) is 0 Å². The Morgan fingerprint density at radius 3 is 2.43 bits per heavy atom. The molecule has 1 rings (SSSR count). The maximum absolute atomic E-state index is 5.85. The fourth-order valence-electron chi connectivity index (χ4n) is 2.24. The summed E-state index contributed by atoms with van der Waals surface area (Å²) in [5.74, 6) is 0. The summed E-state index contributed by atoms with van der Waals surface area (Å²) in [5.41, 5.74) is 7.54. The third-order valence-corrected chi connectivity index (χ3v) is 3.35. The fraction of sp³-hybridized carbons (Fsp3) is 0.833. The minimum atomic E-state index is 0.436. The molecule has 2 nitrogen and oxygen atoms in total. The van der Waals surface area contributed by atoms with Gasteiger partial charge in [0.2, 0.25) is 0 Å². The summed E-state index contributed by atoms with van der Waals surface area (Å²) in [6.07, 6.45) is 3.99. The van der Waals surface area contributed by atoms with Crippen LogP contribution in [0.1, 0.15) is 33.1 Å². The largest absolute Gasteiger partial charge is 0.330 e. The summed E-state index contributed by atoms with van der Waals surface area (Å²) in [4.78, 5) is 2.47. The zero-order valence-corrected chi connectivity index (χ0v) is 9.68. The summed E-state index contributed by atoms with van der Waals surface area (Å²) >= 11 is 0. The highest BCUT2D eigenvalue weighted by atomic mass is 15.1. The Morgan fingerprint density at radius 2 is 2.14 bits per heavy atom. The van der Waals surface area contributed by atoms with E-state index in [2.05, 4.69) is 25.3 Å². The van der Waals surface area contributed by atoms with E-state index >= 15 is 0 Å². The van der Waals surface area contributed by atoms with Gasteiger partial charge in [0.25, 0.3) is 0 Å². The number of hydrogen-bond acceptors (Lipinski definition) is 2. The van der Waals surface area contributed by atoms with Crippen molar-refractivity contribution in [3.8, 4) is 0 Å². The van der Waals surface area contributed by atoms with Crippen LogP contribution >= 0.6 is 0 Å². The van der Waals surface area contributed by atoms with Gasteiger partial charge in [-0.3, -0.25) is 4.90 Å². The highest BCUT2D eigenvalue weighted by Crippen LogP contribution is 2.40. The Hall–Kier alpha value is -0.340. The van der Waals surface area contributed by atoms with Gasteiger partial charge in [0, 0.05) is 13.1 Å².